The molecule has 4 rings (SSSR count). The molecular formula is C26H34N6O3. The molecule has 1 aromatic carbocycles. The van der Waals surface area contributed by atoms with E-state index in [1.54, 1.807) is 36.1 Å². The summed E-state index contributed by atoms with van der Waals surface area (Å²) in [5.41, 5.74) is 8.33. The van der Waals surface area contributed by atoms with Crippen molar-refractivity contribution in [3.63, 3.8) is 0 Å². The van der Waals surface area contributed by atoms with Gasteiger partial charge in [-0.25, -0.2) is 0 Å². The molecule has 35 heavy (non-hydrogen) atoms. The maximum Gasteiger partial charge on any atom is 0.270 e. The fourth-order valence-corrected chi connectivity index (χ4v) is 4.84. The molecule has 2 fully saturated rings. The van der Waals surface area contributed by atoms with Gasteiger partial charge in [0.05, 0.1) is 5.71 Å². The number of hydrogen-bond acceptors (Lipinski definition) is 6. The van der Waals surface area contributed by atoms with Gasteiger partial charge in [0, 0.05) is 37.1 Å². The van der Waals surface area contributed by atoms with Crippen molar-refractivity contribution in [3.05, 3.63) is 53.5 Å². The molecule has 9 nitrogen and oxygen atoms in total. The van der Waals surface area contributed by atoms with Crippen LogP contribution in [0.25, 0.3) is 0 Å². The quantitative estimate of drug-likeness (QED) is 0.389. The summed E-state index contributed by atoms with van der Waals surface area (Å²) in [5, 5.41) is 20.8. The highest BCUT2D eigenvalue weighted by Gasteiger charge is 2.48. The monoisotopic (exact) mass is 478 g/mol. The number of aromatic hydroxyl groups is 1. The van der Waals surface area contributed by atoms with Crippen LogP contribution < -0.4 is 16.4 Å². The molecule has 9 heteroatoms. The second-order valence-corrected chi connectivity index (χ2v) is 9.38. The van der Waals surface area contributed by atoms with Crippen molar-refractivity contribution in [1.29, 1.82) is 0 Å². The number of carbonyl (C=O) groups is 2. The predicted octanol–water partition coefficient (Wildman–Crippen LogP) is 3.06. The minimum atomic E-state index is -0.667. The molecule has 2 aliphatic carbocycles. The van der Waals surface area contributed by atoms with Gasteiger partial charge in [-0.15, -0.1) is 0 Å². The van der Waals surface area contributed by atoms with Gasteiger partial charge in [0.15, 0.2) is 0 Å². The van der Waals surface area contributed by atoms with Crippen LogP contribution in [0.1, 0.15) is 55.6 Å². The molecular weight excluding hydrogens is 444 g/mol. The molecule has 0 aliphatic heterocycles. The number of nitrogens with zero attached hydrogens (tertiary/aromatic N) is 3. The van der Waals surface area contributed by atoms with Crippen molar-refractivity contribution in [3.8, 4) is 5.75 Å². The lowest BCUT2D eigenvalue weighted by Gasteiger charge is -2.27. The van der Waals surface area contributed by atoms with E-state index < -0.39 is 6.04 Å². The maximum atomic E-state index is 13.5. The van der Waals surface area contributed by atoms with E-state index in [2.05, 4.69) is 20.7 Å². The first-order chi connectivity index (χ1) is 16.9. The van der Waals surface area contributed by atoms with Gasteiger partial charge in [-0.3, -0.25) is 19.3 Å². The maximum absolute atomic E-state index is 13.5. The van der Waals surface area contributed by atoms with E-state index in [0.29, 0.717) is 41.0 Å². The van der Waals surface area contributed by atoms with E-state index in [0.717, 1.165) is 31.3 Å². The number of hydrogen-bond donors (Lipinski definition) is 4. The molecule has 5 N–H and O–H groups in total. The van der Waals surface area contributed by atoms with Gasteiger partial charge < -0.3 is 21.5 Å². The molecule has 2 aliphatic rings. The molecule has 1 atom stereocenters. The lowest BCUT2D eigenvalue weighted by molar-refractivity contribution is -0.119. The summed E-state index contributed by atoms with van der Waals surface area (Å²) in [7, 11) is 1.63. The minimum absolute atomic E-state index is 0.0158. The van der Waals surface area contributed by atoms with Crippen molar-refractivity contribution >= 4 is 23.2 Å². The number of rotatable bonds is 10. The number of phenols is 1. The van der Waals surface area contributed by atoms with Crippen molar-refractivity contribution in [1.82, 2.24) is 15.1 Å². The average Bonchev–Trinajstić information content (AvgIpc) is 3.79. The van der Waals surface area contributed by atoms with E-state index in [1.807, 2.05) is 13.8 Å². The summed E-state index contributed by atoms with van der Waals surface area (Å²) in [6, 6.07) is 5.91. The smallest absolute Gasteiger partial charge is 0.270 e. The van der Waals surface area contributed by atoms with Crippen molar-refractivity contribution in [2.45, 2.75) is 52.1 Å². The van der Waals surface area contributed by atoms with Crippen LogP contribution in [0.2, 0.25) is 0 Å². The van der Waals surface area contributed by atoms with Gasteiger partial charge in [0.1, 0.15) is 17.5 Å². The summed E-state index contributed by atoms with van der Waals surface area (Å²) in [6.07, 6.45) is 7.34. The fraction of sp³-hybridized carbons (Fsp3) is 0.462. The Bertz CT molecular complexity index is 1150. The van der Waals surface area contributed by atoms with Gasteiger partial charge in [0.25, 0.3) is 5.91 Å². The highest BCUT2D eigenvalue weighted by molar-refractivity contribution is 6.14. The van der Waals surface area contributed by atoms with Crippen molar-refractivity contribution in [2.24, 2.45) is 28.5 Å². The van der Waals surface area contributed by atoms with Gasteiger partial charge in [0.2, 0.25) is 5.91 Å². The zero-order valence-corrected chi connectivity index (χ0v) is 20.5. The largest absolute Gasteiger partial charge is 0.507 e. The zero-order chi connectivity index (χ0) is 25.1. The molecule has 0 saturated heterocycles. The topological polar surface area (TPSA) is 135 Å². The second kappa shape index (κ2) is 10.3. The van der Waals surface area contributed by atoms with E-state index in [4.69, 9.17) is 5.73 Å². The van der Waals surface area contributed by atoms with Crippen LogP contribution in [0.15, 0.2) is 47.2 Å². The van der Waals surface area contributed by atoms with Crippen LogP contribution in [0.3, 0.4) is 0 Å². The van der Waals surface area contributed by atoms with Crippen molar-refractivity contribution in [2.75, 3.05) is 12.4 Å². The number of carbonyl (C=O) groups excluding carboxylic acids is 2. The Morgan fingerprint density at radius 1 is 1.26 bits per heavy atom. The Balaban J connectivity index is 1.57. The minimum Gasteiger partial charge on any atom is -0.507 e. The number of aromatic nitrogens is 2. The number of nitrogens with one attached hydrogen (secondary N) is 2. The molecule has 2 aromatic rings. The third-order valence-electron chi connectivity index (χ3n) is 6.90. The Morgan fingerprint density at radius 2 is 1.94 bits per heavy atom. The fourth-order valence-electron chi connectivity index (χ4n) is 4.84. The van der Waals surface area contributed by atoms with Crippen molar-refractivity contribution < 1.29 is 14.7 Å². The number of benzene rings is 1. The van der Waals surface area contributed by atoms with Crippen LogP contribution in [0.5, 0.6) is 5.75 Å². The number of aliphatic imine (C=N–C) groups is 1. The van der Waals surface area contributed by atoms with Crippen LogP contribution in [0, 0.1) is 17.8 Å². The lowest BCUT2D eigenvalue weighted by Crippen LogP contribution is -2.50. The molecule has 0 radical (unpaired) electrons. The highest BCUT2D eigenvalue weighted by atomic mass is 16.3. The molecule has 1 heterocycles. The predicted molar refractivity (Wildman–Crippen MR) is 135 cm³/mol. The van der Waals surface area contributed by atoms with Crippen LogP contribution in [-0.4, -0.2) is 45.5 Å². The zero-order valence-electron chi connectivity index (χ0n) is 20.5. The van der Waals surface area contributed by atoms with Gasteiger partial charge in [-0.2, -0.15) is 5.10 Å². The van der Waals surface area contributed by atoms with E-state index >= 15 is 0 Å². The number of aryl methyl sites for hydroxylation is 1. The third-order valence-corrected chi connectivity index (χ3v) is 6.90. The number of allylic oxidation sites excluding steroid dienone is 1. The van der Waals surface area contributed by atoms with Crippen LogP contribution in [0.4, 0.5) is 5.69 Å². The summed E-state index contributed by atoms with van der Waals surface area (Å²) in [5.74, 6) is 0.389. The van der Waals surface area contributed by atoms with Gasteiger partial charge >= 0.3 is 0 Å². The number of nitrogens with two attached hydrogens (primary N) is 1. The first-order valence-corrected chi connectivity index (χ1v) is 12.2. The summed E-state index contributed by atoms with van der Waals surface area (Å²) >= 11 is 0. The normalized spacial score (nSPS) is 17.4. The summed E-state index contributed by atoms with van der Waals surface area (Å²) in [6.45, 7) is 4.29. The Labute approximate surface area is 205 Å². The lowest BCUT2D eigenvalue weighted by atomic mass is 9.88. The molecule has 0 spiro atoms. The van der Waals surface area contributed by atoms with Crippen LogP contribution in [-0.2, 0) is 11.3 Å². The summed E-state index contributed by atoms with van der Waals surface area (Å²) < 4.78 is 1.62. The average molecular weight is 479 g/mol. The molecule has 2 saturated carbocycles. The number of anilines is 1. The van der Waals surface area contributed by atoms with Gasteiger partial charge in [-0.05, 0) is 87.3 Å². The molecule has 2 amide bonds. The first kappa shape index (κ1) is 24.5. The molecule has 0 bridgehead atoms. The Kier molecular flexibility index (Phi) is 7.23. The number of amides is 2. The summed E-state index contributed by atoms with van der Waals surface area (Å²) in [4.78, 5) is 30.9. The molecule has 186 valence electrons. The highest BCUT2D eigenvalue weighted by Crippen LogP contribution is 2.51. The standard InChI is InChI=1S/C26H34N6O3/c1-4-32-20(11-12-29-32)25(34)31-24(22(16-5-6-16)17-7-8-17)26(35)30-18-9-10-19(21(33)13-18)23(28-3)15(2)14-27/h9-14,16-17,22,24,33H,4-8,27H2,1-3H3,(H,30,35)(H,31,34)/b15-14-,28-23?. The van der Waals surface area contributed by atoms with E-state index in [9.17, 15) is 14.7 Å². The first-order valence-electron chi connectivity index (χ1n) is 12.2. The van der Waals surface area contributed by atoms with Gasteiger partial charge in [-0.1, -0.05) is 0 Å². The molecule has 1 unspecified atom stereocenters. The Hall–Kier alpha value is -3.62. The van der Waals surface area contributed by atoms with E-state index in [-0.39, 0.29) is 23.5 Å². The SMILES string of the molecule is CCn1nccc1C(=O)NC(C(=O)Nc1ccc(C(=NC)/C(C)=C\N)c(O)c1)C(C1CC1)C1CC1. The molecule has 1 aromatic heterocycles. The Morgan fingerprint density at radius 3 is 2.49 bits per heavy atom. The number of phenolic OH excluding ortho intramolecular Hbond substituents is 1. The van der Waals surface area contributed by atoms with E-state index in [1.165, 1.54) is 12.3 Å². The second-order valence-electron chi connectivity index (χ2n) is 9.38. The third kappa shape index (κ3) is 5.39. The van der Waals surface area contributed by atoms with Crippen LogP contribution >= 0.6 is 0 Å².